The fraction of sp³-hybridized carbons (Fsp3) is 0.188. The maximum atomic E-state index is 13.4. The van der Waals surface area contributed by atoms with E-state index in [1.165, 1.54) is 6.07 Å². The Morgan fingerprint density at radius 2 is 2.00 bits per heavy atom. The van der Waals surface area contributed by atoms with Crippen molar-refractivity contribution in [3.8, 4) is 11.5 Å². The lowest BCUT2D eigenvalue weighted by Gasteiger charge is -2.11. The molecule has 0 radical (unpaired) electrons. The lowest BCUT2D eigenvalue weighted by molar-refractivity contribution is 0.303. The third-order valence-corrected chi connectivity index (χ3v) is 3.30. The van der Waals surface area contributed by atoms with Crippen LogP contribution in [0, 0.1) is 12.7 Å². The van der Waals surface area contributed by atoms with E-state index in [1.54, 1.807) is 38.3 Å². The van der Waals surface area contributed by atoms with Crippen LogP contribution in [0.5, 0.6) is 11.5 Å². The van der Waals surface area contributed by atoms with Gasteiger partial charge in [0.2, 0.25) is 0 Å². The van der Waals surface area contributed by atoms with E-state index in [2.05, 4.69) is 0 Å². The Bertz CT molecular complexity index is 673. The highest BCUT2D eigenvalue weighted by molar-refractivity contribution is 7.80. The van der Waals surface area contributed by atoms with Crippen LogP contribution < -0.4 is 15.2 Å². The summed E-state index contributed by atoms with van der Waals surface area (Å²) >= 11 is 4.95. The number of hydrogen-bond acceptors (Lipinski definition) is 3. The fourth-order valence-electron chi connectivity index (χ4n) is 1.86. The van der Waals surface area contributed by atoms with Crippen molar-refractivity contribution in [2.24, 2.45) is 5.73 Å². The number of thiocarbonyl (C=S) groups is 1. The van der Waals surface area contributed by atoms with Crippen molar-refractivity contribution in [1.82, 2.24) is 0 Å². The second-order valence-electron chi connectivity index (χ2n) is 4.60. The summed E-state index contributed by atoms with van der Waals surface area (Å²) in [5.41, 5.74) is 7.76. The molecule has 0 aromatic heterocycles. The number of hydrogen-bond donors (Lipinski definition) is 1. The Labute approximate surface area is 128 Å². The summed E-state index contributed by atoms with van der Waals surface area (Å²) in [6, 6.07) is 10.2. The normalized spacial score (nSPS) is 10.2. The Balaban J connectivity index is 2.13. The molecule has 0 heterocycles. The Morgan fingerprint density at radius 1 is 1.24 bits per heavy atom. The zero-order chi connectivity index (χ0) is 15.4. The summed E-state index contributed by atoms with van der Waals surface area (Å²) in [5, 5.41) is 0. The van der Waals surface area contributed by atoms with Crippen molar-refractivity contribution in [1.29, 1.82) is 0 Å². The monoisotopic (exact) mass is 305 g/mol. The molecular weight excluding hydrogens is 289 g/mol. The van der Waals surface area contributed by atoms with Gasteiger partial charge in [-0.2, -0.15) is 0 Å². The molecular formula is C16H16FNO2S. The molecule has 3 nitrogen and oxygen atoms in total. The van der Waals surface area contributed by atoms with E-state index in [-0.39, 0.29) is 10.8 Å². The molecule has 0 aliphatic rings. The van der Waals surface area contributed by atoms with Gasteiger partial charge >= 0.3 is 0 Å². The first-order valence-electron chi connectivity index (χ1n) is 6.37. The van der Waals surface area contributed by atoms with Crippen LogP contribution in [0.2, 0.25) is 0 Å². The van der Waals surface area contributed by atoms with Gasteiger partial charge in [-0.05, 0) is 36.2 Å². The molecule has 0 amide bonds. The van der Waals surface area contributed by atoms with Crippen molar-refractivity contribution in [2.45, 2.75) is 13.5 Å². The standard InChI is InChI=1S/C16H16FNO2S/c1-10-3-5-12(8-14(10)17)20-9-11-4-6-13(16(18)21)15(7-11)19-2/h3-8H,9H2,1-2H3,(H2,18,21). The largest absolute Gasteiger partial charge is 0.496 e. The highest BCUT2D eigenvalue weighted by atomic mass is 32.1. The van der Waals surface area contributed by atoms with Gasteiger partial charge in [-0.1, -0.05) is 24.4 Å². The predicted octanol–water partition coefficient (Wildman–Crippen LogP) is 3.36. The molecule has 0 bridgehead atoms. The van der Waals surface area contributed by atoms with Gasteiger partial charge in [-0.3, -0.25) is 0 Å². The number of halogens is 1. The van der Waals surface area contributed by atoms with Crippen LogP contribution in [0.25, 0.3) is 0 Å². The van der Waals surface area contributed by atoms with Crippen molar-refractivity contribution in [3.63, 3.8) is 0 Å². The van der Waals surface area contributed by atoms with E-state index in [0.717, 1.165) is 5.56 Å². The zero-order valence-electron chi connectivity index (χ0n) is 11.9. The quantitative estimate of drug-likeness (QED) is 0.860. The molecule has 2 aromatic rings. The van der Waals surface area contributed by atoms with Crippen LogP contribution in [0.4, 0.5) is 4.39 Å². The highest BCUT2D eigenvalue weighted by Crippen LogP contribution is 2.22. The minimum Gasteiger partial charge on any atom is -0.496 e. The molecule has 0 aliphatic heterocycles. The SMILES string of the molecule is COc1cc(COc2ccc(C)c(F)c2)ccc1C(N)=S. The molecule has 0 fully saturated rings. The molecule has 0 saturated heterocycles. The lowest BCUT2D eigenvalue weighted by atomic mass is 10.1. The van der Waals surface area contributed by atoms with Crippen molar-refractivity contribution < 1.29 is 13.9 Å². The number of rotatable bonds is 5. The highest BCUT2D eigenvalue weighted by Gasteiger charge is 2.07. The maximum Gasteiger partial charge on any atom is 0.129 e. The number of ether oxygens (including phenoxy) is 2. The smallest absolute Gasteiger partial charge is 0.129 e. The molecule has 0 spiro atoms. The molecule has 21 heavy (non-hydrogen) atoms. The van der Waals surface area contributed by atoms with Crippen molar-refractivity contribution >= 4 is 17.2 Å². The summed E-state index contributed by atoms with van der Waals surface area (Å²) in [4.78, 5) is 0.278. The van der Waals surface area contributed by atoms with Crippen LogP contribution in [0.15, 0.2) is 36.4 Å². The molecule has 110 valence electrons. The average molecular weight is 305 g/mol. The van der Waals surface area contributed by atoms with Gasteiger partial charge in [0.05, 0.1) is 12.7 Å². The van der Waals surface area contributed by atoms with Crippen LogP contribution >= 0.6 is 12.2 Å². The predicted molar refractivity (Wildman–Crippen MR) is 84.4 cm³/mol. The van der Waals surface area contributed by atoms with Gasteiger partial charge in [0.25, 0.3) is 0 Å². The van der Waals surface area contributed by atoms with Gasteiger partial charge in [-0.25, -0.2) is 4.39 Å². The van der Waals surface area contributed by atoms with Crippen molar-refractivity contribution in [2.75, 3.05) is 7.11 Å². The second-order valence-corrected chi connectivity index (χ2v) is 5.04. The third-order valence-electron chi connectivity index (χ3n) is 3.08. The van der Waals surface area contributed by atoms with Crippen molar-refractivity contribution in [3.05, 3.63) is 58.9 Å². The van der Waals surface area contributed by atoms with Gasteiger partial charge in [-0.15, -0.1) is 0 Å². The molecule has 0 atom stereocenters. The fourth-order valence-corrected chi connectivity index (χ4v) is 2.03. The molecule has 0 saturated carbocycles. The summed E-state index contributed by atoms with van der Waals surface area (Å²) < 4.78 is 24.3. The van der Waals surface area contributed by atoms with Crippen LogP contribution in [0.1, 0.15) is 16.7 Å². The summed E-state index contributed by atoms with van der Waals surface area (Å²) in [5.74, 6) is 0.795. The Kier molecular flexibility index (Phi) is 4.75. The van der Waals surface area contributed by atoms with E-state index in [4.69, 9.17) is 27.4 Å². The first kappa shape index (κ1) is 15.3. The molecule has 2 aromatic carbocycles. The van der Waals surface area contributed by atoms with Gasteiger partial charge in [0.15, 0.2) is 0 Å². The van der Waals surface area contributed by atoms with Gasteiger partial charge < -0.3 is 15.2 Å². The van der Waals surface area contributed by atoms with E-state index >= 15 is 0 Å². The van der Waals surface area contributed by atoms with E-state index in [0.29, 0.717) is 29.2 Å². The third kappa shape index (κ3) is 3.70. The molecule has 2 rings (SSSR count). The van der Waals surface area contributed by atoms with E-state index < -0.39 is 0 Å². The first-order valence-corrected chi connectivity index (χ1v) is 6.77. The topological polar surface area (TPSA) is 44.5 Å². The van der Waals surface area contributed by atoms with E-state index in [9.17, 15) is 4.39 Å². The Morgan fingerprint density at radius 3 is 2.62 bits per heavy atom. The summed E-state index contributed by atoms with van der Waals surface area (Å²) in [6.07, 6.45) is 0. The van der Waals surface area contributed by atoms with Crippen LogP contribution in [0.3, 0.4) is 0 Å². The number of benzene rings is 2. The molecule has 5 heteroatoms. The summed E-state index contributed by atoms with van der Waals surface area (Å²) in [6.45, 7) is 2.01. The van der Waals surface area contributed by atoms with Gasteiger partial charge in [0, 0.05) is 6.07 Å². The second kappa shape index (κ2) is 6.54. The van der Waals surface area contributed by atoms with Crippen LogP contribution in [-0.2, 0) is 6.61 Å². The minimum atomic E-state index is -0.283. The lowest BCUT2D eigenvalue weighted by Crippen LogP contribution is -2.11. The average Bonchev–Trinajstić information content (AvgIpc) is 2.48. The molecule has 2 N–H and O–H groups in total. The zero-order valence-corrected chi connectivity index (χ0v) is 12.7. The van der Waals surface area contributed by atoms with Crippen LogP contribution in [-0.4, -0.2) is 12.1 Å². The molecule has 0 unspecified atom stereocenters. The van der Waals surface area contributed by atoms with E-state index in [1.807, 2.05) is 6.07 Å². The number of nitrogens with two attached hydrogens (primary N) is 1. The maximum absolute atomic E-state index is 13.4. The Hall–Kier alpha value is -2.14. The first-order chi connectivity index (χ1) is 10.0. The van der Waals surface area contributed by atoms with Gasteiger partial charge in [0.1, 0.15) is 28.9 Å². The number of methoxy groups -OCH3 is 1. The summed E-state index contributed by atoms with van der Waals surface area (Å²) in [7, 11) is 1.55. The minimum absolute atomic E-state index is 0.278. The molecule has 0 aliphatic carbocycles. The number of aryl methyl sites for hydroxylation is 1.